The van der Waals surface area contributed by atoms with Crippen molar-refractivity contribution in [1.29, 1.82) is 0 Å². The van der Waals surface area contributed by atoms with Crippen LogP contribution in [0.15, 0.2) is 83.8 Å². The van der Waals surface area contributed by atoms with E-state index in [0.29, 0.717) is 10.8 Å². The highest BCUT2D eigenvalue weighted by Gasteiger charge is 2.27. The lowest BCUT2D eigenvalue weighted by molar-refractivity contribution is -0.119. The second-order valence-electron chi connectivity index (χ2n) is 6.43. The molecule has 3 aromatic rings. The molecule has 0 spiro atoms. The third-order valence-electron chi connectivity index (χ3n) is 4.25. The minimum absolute atomic E-state index is 0.0224. The summed E-state index contributed by atoms with van der Waals surface area (Å²) in [4.78, 5) is 12.5. The molecular formula is C22H20ClFN2O4S. The van der Waals surface area contributed by atoms with Crippen LogP contribution in [0.2, 0.25) is 5.02 Å². The molecule has 1 amide bonds. The summed E-state index contributed by atoms with van der Waals surface area (Å²) in [5.74, 6) is -0.563. The van der Waals surface area contributed by atoms with Crippen molar-refractivity contribution >= 4 is 33.2 Å². The second-order valence-corrected chi connectivity index (χ2v) is 8.70. The fourth-order valence-electron chi connectivity index (χ4n) is 2.74. The summed E-state index contributed by atoms with van der Waals surface area (Å²) < 4.78 is 46.0. The van der Waals surface area contributed by atoms with Crippen molar-refractivity contribution in [2.45, 2.75) is 4.90 Å². The van der Waals surface area contributed by atoms with Gasteiger partial charge in [-0.25, -0.2) is 12.8 Å². The Hall–Kier alpha value is -3.10. The molecule has 0 aromatic heterocycles. The number of nitrogens with zero attached hydrogens (tertiary/aromatic N) is 1. The number of rotatable bonds is 9. The zero-order chi connectivity index (χ0) is 22.3. The Kier molecular flexibility index (Phi) is 7.49. The number of para-hydroxylation sites is 1. The molecule has 0 fully saturated rings. The fourth-order valence-corrected chi connectivity index (χ4v) is 4.37. The van der Waals surface area contributed by atoms with Crippen LogP contribution in [0, 0.1) is 5.82 Å². The Morgan fingerprint density at radius 2 is 1.61 bits per heavy atom. The van der Waals surface area contributed by atoms with Crippen molar-refractivity contribution in [3.8, 4) is 5.75 Å². The molecule has 31 heavy (non-hydrogen) atoms. The van der Waals surface area contributed by atoms with Gasteiger partial charge in [-0.3, -0.25) is 9.10 Å². The highest BCUT2D eigenvalue weighted by molar-refractivity contribution is 7.92. The molecule has 0 unspecified atom stereocenters. The minimum atomic E-state index is -4.04. The lowest BCUT2D eigenvalue weighted by Gasteiger charge is -2.24. The average Bonchev–Trinajstić information content (AvgIpc) is 2.77. The molecule has 0 saturated heterocycles. The molecule has 0 saturated carbocycles. The van der Waals surface area contributed by atoms with Crippen molar-refractivity contribution in [1.82, 2.24) is 5.32 Å². The fraction of sp³-hybridized carbons (Fsp3) is 0.136. The molecule has 3 rings (SSSR count). The molecule has 9 heteroatoms. The Morgan fingerprint density at radius 1 is 0.968 bits per heavy atom. The summed E-state index contributed by atoms with van der Waals surface area (Å²) in [7, 11) is -4.04. The molecule has 162 valence electrons. The van der Waals surface area contributed by atoms with Crippen LogP contribution in [-0.4, -0.2) is 34.0 Å². The molecule has 1 N–H and O–H groups in total. The Morgan fingerprint density at radius 3 is 2.29 bits per heavy atom. The number of ether oxygens (including phenoxy) is 1. The summed E-state index contributed by atoms with van der Waals surface area (Å²) in [6.45, 7) is -0.181. The van der Waals surface area contributed by atoms with E-state index in [1.54, 1.807) is 42.5 Å². The van der Waals surface area contributed by atoms with E-state index in [-0.39, 0.29) is 23.7 Å². The molecule has 6 nitrogen and oxygen atoms in total. The lowest BCUT2D eigenvalue weighted by Crippen LogP contribution is -2.41. The SMILES string of the molecule is O=C(CN(c1ccc(F)cc1)S(=O)(=O)c1ccccc1)NCCOc1ccccc1Cl. The monoisotopic (exact) mass is 462 g/mol. The minimum Gasteiger partial charge on any atom is -0.490 e. The Bertz CT molecular complexity index is 1130. The number of hydrogen-bond acceptors (Lipinski definition) is 4. The van der Waals surface area contributed by atoms with Crippen LogP contribution < -0.4 is 14.4 Å². The van der Waals surface area contributed by atoms with Gasteiger partial charge in [0.25, 0.3) is 10.0 Å². The van der Waals surface area contributed by atoms with Gasteiger partial charge in [0, 0.05) is 0 Å². The van der Waals surface area contributed by atoms with Gasteiger partial charge in [0.1, 0.15) is 24.7 Å². The number of nitrogens with one attached hydrogen (secondary N) is 1. The number of anilines is 1. The topological polar surface area (TPSA) is 75.7 Å². The molecular weight excluding hydrogens is 443 g/mol. The van der Waals surface area contributed by atoms with E-state index >= 15 is 0 Å². The van der Waals surface area contributed by atoms with Crippen LogP contribution >= 0.6 is 11.6 Å². The average molecular weight is 463 g/mol. The van der Waals surface area contributed by atoms with E-state index in [2.05, 4.69) is 5.32 Å². The molecule has 0 heterocycles. The van der Waals surface area contributed by atoms with Gasteiger partial charge < -0.3 is 10.1 Å². The number of hydrogen-bond donors (Lipinski definition) is 1. The first kappa shape index (κ1) is 22.6. The maximum absolute atomic E-state index is 13.3. The predicted molar refractivity (Wildman–Crippen MR) is 117 cm³/mol. The van der Waals surface area contributed by atoms with Gasteiger partial charge in [0.15, 0.2) is 0 Å². The third-order valence-corrected chi connectivity index (χ3v) is 6.35. The molecule has 0 aliphatic carbocycles. The second kappa shape index (κ2) is 10.3. The smallest absolute Gasteiger partial charge is 0.264 e. The van der Waals surface area contributed by atoms with Crippen molar-refractivity contribution in [3.05, 3.63) is 89.7 Å². The van der Waals surface area contributed by atoms with Gasteiger partial charge >= 0.3 is 0 Å². The highest BCUT2D eigenvalue weighted by atomic mass is 35.5. The van der Waals surface area contributed by atoms with Crippen LogP contribution in [-0.2, 0) is 14.8 Å². The van der Waals surface area contributed by atoms with Gasteiger partial charge in [-0.1, -0.05) is 41.9 Å². The van der Waals surface area contributed by atoms with E-state index in [1.165, 1.54) is 24.3 Å². The van der Waals surface area contributed by atoms with Gasteiger partial charge in [0.2, 0.25) is 5.91 Å². The molecule has 0 radical (unpaired) electrons. The normalized spacial score (nSPS) is 11.0. The summed E-state index contributed by atoms with van der Waals surface area (Å²) in [5, 5.41) is 3.07. The lowest BCUT2D eigenvalue weighted by atomic mass is 10.3. The van der Waals surface area contributed by atoms with E-state index in [4.69, 9.17) is 16.3 Å². The highest BCUT2D eigenvalue weighted by Crippen LogP contribution is 2.24. The summed E-state index contributed by atoms with van der Waals surface area (Å²) in [6, 6.07) is 19.5. The zero-order valence-electron chi connectivity index (χ0n) is 16.4. The van der Waals surface area contributed by atoms with Crippen molar-refractivity contribution in [3.63, 3.8) is 0 Å². The molecule has 0 bridgehead atoms. The Labute approximate surface area is 185 Å². The number of carbonyl (C=O) groups is 1. The predicted octanol–water partition coefficient (Wildman–Crippen LogP) is 3.87. The summed E-state index contributed by atoms with van der Waals surface area (Å²) >= 11 is 6.01. The van der Waals surface area contributed by atoms with E-state index in [1.807, 2.05) is 0 Å². The summed E-state index contributed by atoms with van der Waals surface area (Å²) in [6.07, 6.45) is 0. The largest absolute Gasteiger partial charge is 0.490 e. The first-order valence-electron chi connectivity index (χ1n) is 9.35. The zero-order valence-corrected chi connectivity index (χ0v) is 17.9. The van der Waals surface area contributed by atoms with Crippen LogP contribution in [0.25, 0.3) is 0 Å². The number of benzene rings is 3. The number of sulfonamides is 1. The number of carbonyl (C=O) groups excluding carboxylic acids is 1. The van der Waals surface area contributed by atoms with E-state index < -0.39 is 28.3 Å². The molecule has 0 aliphatic rings. The van der Waals surface area contributed by atoms with Crippen LogP contribution in [0.1, 0.15) is 0 Å². The number of halogens is 2. The quantitative estimate of drug-likeness (QED) is 0.490. The standard InChI is InChI=1S/C22H20ClFN2O4S/c23-20-8-4-5-9-21(20)30-15-14-25-22(27)16-26(18-12-10-17(24)11-13-18)31(28,29)19-6-2-1-3-7-19/h1-13H,14-16H2,(H,25,27). The van der Waals surface area contributed by atoms with Crippen molar-refractivity contribution in [2.75, 3.05) is 24.0 Å². The molecule has 0 aliphatic heterocycles. The summed E-state index contributed by atoms with van der Waals surface area (Å²) in [5.41, 5.74) is 0.174. The Balaban J connectivity index is 1.69. The van der Waals surface area contributed by atoms with E-state index in [0.717, 1.165) is 16.4 Å². The first-order chi connectivity index (χ1) is 14.9. The van der Waals surface area contributed by atoms with E-state index in [9.17, 15) is 17.6 Å². The third kappa shape index (κ3) is 5.96. The van der Waals surface area contributed by atoms with Gasteiger partial charge in [0.05, 0.1) is 22.2 Å². The van der Waals surface area contributed by atoms with Crippen molar-refractivity contribution < 1.29 is 22.3 Å². The van der Waals surface area contributed by atoms with Crippen molar-refractivity contribution in [2.24, 2.45) is 0 Å². The van der Waals surface area contributed by atoms with Gasteiger partial charge in [-0.15, -0.1) is 0 Å². The maximum atomic E-state index is 13.3. The maximum Gasteiger partial charge on any atom is 0.264 e. The van der Waals surface area contributed by atoms with Gasteiger partial charge in [-0.2, -0.15) is 0 Å². The first-order valence-corrected chi connectivity index (χ1v) is 11.2. The number of amides is 1. The van der Waals surface area contributed by atoms with Crippen LogP contribution in [0.5, 0.6) is 5.75 Å². The van der Waals surface area contributed by atoms with Crippen LogP contribution in [0.3, 0.4) is 0 Å². The molecule has 0 atom stereocenters. The van der Waals surface area contributed by atoms with Gasteiger partial charge in [-0.05, 0) is 48.5 Å². The molecule has 3 aromatic carbocycles. The van der Waals surface area contributed by atoms with Crippen LogP contribution in [0.4, 0.5) is 10.1 Å².